The molecule has 0 bridgehead atoms. The van der Waals surface area contributed by atoms with Crippen molar-refractivity contribution < 1.29 is 13.7 Å². The van der Waals surface area contributed by atoms with E-state index in [1.165, 1.54) is 29.1 Å². The normalized spacial score (nSPS) is 10.9. The smallest absolute Gasteiger partial charge is 0.266 e. The van der Waals surface area contributed by atoms with Gasteiger partial charge in [-0.15, -0.1) is 0 Å². The number of nitrogens with zero attached hydrogens (tertiary/aromatic N) is 3. The summed E-state index contributed by atoms with van der Waals surface area (Å²) in [6, 6.07) is 15.0. The van der Waals surface area contributed by atoms with Gasteiger partial charge in [-0.1, -0.05) is 47.6 Å². The summed E-state index contributed by atoms with van der Waals surface area (Å²) in [4.78, 5) is 29.1. The Labute approximate surface area is 158 Å². The highest BCUT2D eigenvalue weighted by molar-refractivity contribution is 5.91. The Morgan fingerprint density at radius 2 is 1.86 bits per heavy atom. The zero-order chi connectivity index (χ0) is 19.5. The number of halogens is 1. The number of nitrogens with one attached hydrogen (secondary N) is 1. The first kappa shape index (κ1) is 17.6. The first-order chi connectivity index (χ1) is 13.6. The monoisotopic (exact) mass is 378 g/mol. The van der Waals surface area contributed by atoms with Crippen molar-refractivity contribution >= 4 is 22.7 Å². The molecule has 0 aliphatic carbocycles. The Bertz CT molecular complexity index is 1200. The lowest BCUT2D eigenvalue weighted by Crippen LogP contribution is -2.23. The molecule has 2 aromatic carbocycles. The zero-order valence-electron chi connectivity index (χ0n) is 14.6. The Balaban J connectivity index is 1.56. The van der Waals surface area contributed by atoms with Gasteiger partial charge in [0, 0.05) is 18.5 Å². The number of aryl methyl sites for hydroxylation is 1. The molecule has 0 radical (unpaired) electrons. The number of carbonyl (C=O) groups is 1. The van der Waals surface area contributed by atoms with E-state index in [2.05, 4.69) is 15.5 Å². The molecule has 8 heteroatoms. The number of aromatic nitrogens is 3. The highest BCUT2D eigenvalue weighted by Crippen LogP contribution is 2.23. The fourth-order valence-corrected chi connectivity index (χ4v) is 2.83. The maximum atomic E-state index is 13.6. The number of anilines is 1. The predicted molar refractivity (Wildman–Crippen MR) is 101 cm³/mol. The second-order valence-electron chi connectivity index (χ2n) is 6.10. The van der Waals surface area contributed by atoms with E-state index in [1.807, 2.05) is 30.3 Å². The van der Waals surface area contributed by atoms with Crippen molar-refractivity contribution in [1.29, 1.82) is 0 Å². The van der Waals surface area contributed by atoms with E-state index < -0.39 is 11.7 Å². The molecule has 4 rings (SSSR count). The Morgan fingerprint density at radius 3 is 2.64 bits per heavy atom. The molecule has 0 aliphatic rings. The topological polar surface area (TPSA) is 90.0 Å². The van der Waals surface area contributed by atoms with Crippen LogP contribution in [0.4, 0.5) is 10.1 Å². The van der Waals surface area contributed by atoms with Gasteiger partial charge in [-0.3, -0.25) is 14.2 Å². The summed E-state index contributed by atoms with van der Waals surface area (Å²) in [6.07, 6.45) is 1.29. The van der Waals surface area contributed by atoms with E-state index in [0.717, 1.165) is 5.56 Å². The lowest BCUT2D eigenvalue weighted by molar-refractivity contribution is -0.116. The van der Waals surface area contributed by atoms with Gasteiger partial charge in [-0.2, -0.15) is 0 Å². The number of para-hydroxylation sites is 1. The van der Waals surface area contributed by atoms with E-state index >= 15 is 0 Å². The van der Waals surface area contributed by atoms with Gasteiger partial charge in [0.15, 0.2) is 0 Å². The molecular formula is C20H15FN4O3. The number of hydrogen-bond donors (Lipinski definition) is 1. The van der Waals surface area contributed by atoms with E-state index in [1.54, 1.807) is 6.07 Å². The minimum atomic E-state index is -0.520. The molecule has 0 saturated heterocycles. The fourth-order valence-electron chi connectivity index (χ4n) is 2.83. The van der Waals surface area contributed by atoms with Crippen LogP contribution in [0.5, 0.6) is 0 Å². The molecule has 0 atom stereocenters. The third-order valence-corrected chi connectivity index (χ3v) is 4.24. The third kappa shape index (κ3) is 3.39. The molecule has 2 aromatic heterocycles. The minimum Gasteiger partial charge on any atom is -0.335 e. The number of fused-ring (bicyclic) bond motifs is 1. The molecule has 7 nitrogen and oxygen atoms in total. The van der Waals surface area contributed by atoms with Crippen molar-refractivity contribution in [3.63, 3.8) is 0 Å². The first-order valence-electron chi connectivity index (χ1n) is 8.58. The van der Waals surface area contributed by atoms with Crippen LogP contribution in [0.2, 0.25) is 0 Å². The summed E-state index contributed by atoms with van der Waals surface area (Å²) in [6.45, 7) is 0.0848. The number of rotatable bonds is 5. The Morgan fingerprint density at radius 1 is 1.11 bits per heavy atom. The maximum Gasteiger partial charge on any atom is 0.266 e. The first-order valence-corrected chi connectivity index (χ1v) is 8.58. The van der Waals surface area contributed by atoms with Gasteiger partial charge in [0.2, 0.25) is 5.91 Å². The molecule has 140 valence electrons. The summed E-state index contributed by atoms with van der Waals surface area (Å²) in [5.41, 5.74) is 1.01. The summed E-state index contributed by atoms with van der Waals surface area (Å²) in [5, 5.41) is 6.70. The van der Waals surface area contributed by atoms with Crippen molar-refractivity contribution in [2.24, 2.45) is 0 Å². The molecule has 0 saturated carbocycles. The van der Waals surface area contributed by atoms with E-state index in [9.17, 15) is 14.0 Å². The van der Waals surface area contributed by atoms with Crippen LogP contribution >= 0.6 is 0 Å². The van der Waals surface area contributed by atoms with Crippen LogP contribution in [0.15, 0.2) is 70.2 Å². The van der Waals surface area contributed by atoms with Crippen LogP contribution in [-0.4, -0.2) is 20.6 Å². The average molecular weight is 378 g/mol. The van der Waals surface area contributed by atoms with E-state index in [0.29, 0.717) is 5.69 Å². The van der Waals surface area contributed by atoms with Crippen LogP contribution in [-0.2, 0) is 11.3 Å². The summed E-state index contributed by atoms with van der Waals surface area (Å²) < 4.78 is 20.1. The standard InChI is InChI=1S/C20H15FN4O3/c21-14-8-4-5-9-15(14)23-16(26)10-11-25-12-22-19-17(20(25)27)18(24-28-19)13-6-2-1-3-7-13/h1-9,12H,10-11H2,(H,23,26). The van der Waals surface area contributed by atoms with Crippen LogP contribution < -0.4 is 10.9 Å². The summed E-state index contributed by atoms with van der Waals surface area (Å²) in [7, 11) is 0. The molecule has 0 spiro atoms. The predicted octanol–water partition coefficient (Wildman–Crippen LogP) is 3.22. The fraction of sp³-hybridized carbons (Fsp3) is 0.100. The van der Waals surface area contributed by atoms with Crippen LogP contribution in [0, 0.1) is 5.82 Å². The number of hydrogen-bond acceptors (Lipinski definition) is 5. The molecule has 0 aliphatic heterocycles. The second-order valence-corrected chi connectivity index (χ2v) is 6.10. The van der Waals surface area contributed by atoms with Crippen molar-refractivity contribution in [1.82, 2.24) is 14.7 Å². The lowest BCUT2D eigenvalue weighted by Gasteiger charge is -2.07. The highest BCUT2D eigenvalue weighted by atomic mass is 19.1. The van der Waals surface area contributed by atoms with Crippen LogP contribution in [0.25, 0.3) is 22.4 Å². The highest BCUT2D eigenvalue weighted by Gasteiger charge is 2.17. The van der Waals surface area contributed by atoms with Crippen LogP contribution in [0.1, 0.15) is 6.42 Å². The van der Waals surface area contributed by atoms with E-state index in [-0.39, 0.29) is 35.3 Å². The van der Waals surface area contributed by atoms with Crippen molar-refractivity contribution in [2.45, 2.75) is 13.0 Å². The second kappa shape index (κ2) is 7.43. The molecule has 1 amide bonds. The van der Waals surface area contributed by atoms with Gasteiger partial charge in [0.25, 0.3) is 11.3 Å². The van der Waals surface area contributed by atoms with Gasteiger partial charge < -0.3 is 9.84 Å². The van der Waals surface area contributed by atoms with Crippen LogP contribution in [0.3, 0.4) is 0 Å². The molecule has 28 heavy (non-hydrogen) atoms. The lowest BCUT2D eigenvalue weighted by atomic mass is 10.1. The zero-order valence-corrected chi connectivity index (χ0v) is 14.6. The summed E-state index contributed by atoms with van der Waals surface area (Å²) in [5.74, 6) is -0.932. The van der Waals surface area contributed by atoms with Gasteiger partial charge in [-0.05, 0) is 12.1 Å². The van der Waals surface area contributed by atoms with Gasteiger partial charge in [0.1, 0.15) is 23.2 Å². The number of amides is 1. The maximum absolute atomic E-state index is 13.6. The SMILES string of the molecule is O=C(CCn1cnc2onc(-c3ccccc3)c2c1=O)Nc1ccccc1F. The number of benzene rings is 2. The third-order valence-electron chi connectivity index (χ3n) is 4.24. The van der Waals surface area contributed by atoms with Gasteiger partial charge in [0.05, 0.1) is 5.69 Å². The quantitative estimate of drug-likeness (QED) is 0.576. The van der Waals surface area contributed by atoms with Gasteiger partial charge >= 0.3 is 0 Å². The van der Waals surface area contributed by atoms with Crippen molar-refractivity contribution in [2.75, 3.05) is 5.32 Å². The molecule has 1 N–H and O–H groups in total. The Kier molecular flexibility index (Phi) is 4.67. The minimum absolute atomic E-state index is 0.0205. The molecule has 0 fully saturated rings. The molecule has 4 aromatic rings. The van der Waals surface area contributed by atoms with E-state index in [4.69, 9.17) is 4.52 Å². The van der Waals surface area contributed by atoms with Crippen molar-refractivity contribution in [3.05, 3.63) is 77.1 Å². The Hall–Kier alpha value is -3.81. The molecule has 0 unspecified atom stereocenters. The summed E-state index contributed by atoms with van der Waals surface area (Å²) >= 11 is 0. The van der Waals surface area contributed by atoms with Crippen molar-refractivity contribution in [3.8, 4) is 11.3 Å². The number of carbonyl (C=O) groups excluding carboxylic acids is 1. The largest absolute Gasteiger partial charge is 0.335 e. The molecular weight excluding hydrogens is 363 g/mol. The van der Waals surface area contributed by atoms with Gasteiger partial charge in [-0.25, -0.2) is 9.37 Å². The average Bonchev–Trinajstić information content (AvgIpc) is 3.15. The molecule has 2 heterocycles.